The predicted octanol–water partition coefficient (Wildman–Crippen LogP) is 6.55. The molecule has 11 heteroatoms. The molecule has 7 rings (SSSR count). The molecule has 3 aliphatic rings. The molecule has 44 heavy (non-hydrogen) atoms. The number of ether oxygens (including phenoxy) is 1. The average molecular weight is 609 g/mol. The van der Waals surface area contributed by atoms with Gasteiger partial charge in [0.25, 0.3) is 0 Å². The number of pyridine rings is 1. The van der Waals surface area contributed by atoms with Crippen molar-refractivity contribution in [1.29, 1.82) is 10.5 Å². The maximum absolute atomic E-state index is 14.3. The summed E-state index contributed by atoms with van der Waals surface area (Å²) < 4.78 is 22.2. The maximum atomic E-state index is 14.3. The van der Waals surface area contributed by atoms with Gasteiger partial charge in [0.1, 0.15) is 22.1 Å². The largest absolute Gasteiger partial charge is 0.477 e. The SMILES string of the molecule is N#CCC1(Cn2c(N3CC4(CC=C(c5cccc(OCc6ccc(C#N)cc6F)n5)CC4)C3)nc3sc(C(=O)O)cc32)CC1. The number of aromatic carboxylic acids is 1. The number of halogens is 1. The zero-order valence-corrected chi connectivity index (χ0v) is 24.7. The fraction of sp³-hybridized carbons (Fsp3) is 0.364. The summed E-state index contributed by atoms with van der Waals surface area (Å²) in [4.78, 5) is 24.5. The molecule has 3 aromatic heterocycles. The van der Waals surface area contributed by atoms with Crippen LogP contribution in [0.4, 0.5) is 10.3 Å². The first kappa shape index (κ1) is 28.1. The topological polar surface area (TPSA) is 128 Å². The normalized spacial score (nSPS) is 17.9. The van der Waals surface area contributed by atoms with Gasteiger partial charge in [-0.3, -0.25) is 0 Å². The quantitative estimate of drug-likeness (QED) is 0.227. The number of nitrogens with zero attached hydrogens (tertiary/aromatic N) is 6. The smallest absolute Gasteiger partial charge is 0.346 e. The van der Waals surface area contributed by atoms with Gasteiger partial charge >= 0.3 is 5.97 Å². The number of fused-ring (bicyclic) bond motifs is 1. The number of carboxylic acids is 1. The second-order valence-electron chi connectivity index (χ2n) is 12.3. The Morgan fingerprint density at radius 3 is 2.66 bits per heavy atom. The molecule has 1 N–H and O–H groups in total. The van der Waals surface area contributed by atoms with Crippen LogP contribution in [0.25, 0.3) is 15.9 Å². The third-order valence-electron chi connectivity index (χ3n) is 9.19. The van der Waals surface area contributed by atoms with Gasteiger partial charge in [-0.1, -0.05) is 18.2 Å². The number of anilines is 1. The monoisotopic (exact) mass is 608 g/mol. The number of thiophene rings is 1. The molecule has 1 saturated heterocycles. The number of allylic oxidation sites excluding steroid dienone is 2. The number of benzene rings is 1. The summed E-state index contributed by atoms with van der Waals surface area (Å²) in [6.07, 6.45) is 7.56. The third-order valence-corrected chi connectivity index (χ3v) is 10.2. The molecule has 1 aromatic carbocycles. The fourth-order valence-electron chi connectivity index (χ4n) is 6.41. The lowest BCUT2D eigenvalue weighted by Gasteiger charge is -2.52. The van der Waals surface area contributed by atoms with Gasteiger partial charge in [-0.15, -0.1) is 11.3 Å². The van der Waals surface area contributed by atoms with E-state index in [1.807, 2.05) is 18.2 Å². The van der Waals surface area contributed by atoms with E-state index in [0.717, 1.165) is 67.2 Å². The number of carbonyl (C=O) groups is 1. The van der Waals surface area contributed by atoms with Crippen molar-refractivity contribution in [1.82, 2.24) is 14.5 Å². The summed E-state index contributed by atoms with van der Waals surface area (Å²) in [5.41, 5.74) is 3.59. The first-order valence-electron chi connectivity index (χ1n) is 14.6. The number of imidazole rings is 1. The van der Waals surface area contributed by atoms with Crippen LogP contribution in [0.2, 0.25) is 0 Å². The summed E-state index contributed by atoms with van der Waals surface area (Å²) in [5.74, 6) is -0.127. The third kappa shape index (κ3) is 5.18. The molecule has 222 valence electrons. The summed E-state index contributed by atoms with van der Waals surface area (Å²) in [5, 5.41) is 27.9. The second kappa shape index (κ2) is 10.8. The Bertz CT molecular complexity index is 1900. The van der Waals surface area contributed by atoms with E-state index in [4.69, 9.17) is 15.0 Å². The maximum Gasteiger partial charge on any atom is 0.346 e. The van der Waals surface area contributed by atoms with Crippen molar-refractivity contribution in [2.45, 2.75) is 51.7 Å². The van der Waals surface area contributed by atoms with Crippen LogP contribution >= 0.6 is 11.3 Å². The lowest BCUT2D eigenvalue weighted by atomic mass is 9.69. The highest BCUT2D eigenvalue weighted by atomic mass is 32.1. The standard InChI is InChI=1S/C33H29FN6O3S/c34-24-14-21(16-36)4-5-23(24)17-43-28-3-1-2-25(37-28)22-6-8-33(9-7-22)18-39(19-33)31-38-29-26(15-27(44-29)30(41)42)40(31)20-32(10-11-32)12-13-35/h1-6,14-15H,7-12,17-20H2,(H,41,42). The Kier molecular flexibility index (Phi) is 6.86. The lowest BCUT2D eigenvalue weighted by molar-refractivity contribution is 0.0702. The van der Waals surface area contributed by atoms with E-state index in [9.17, 15) is 19.6 Å². The molecule has 1 aliphatic heterocycles. The van der Waals surface area contributed by atoms with Gasteiger partial charge in [-0.2, -0.15) is 10.5 Å². The van der Waals surface area contributed by atoms with Gasteiger partial charge in [0.2, 0.25) is 11.8 Å². The molecule has 0 unspecified atom stereocenters. The Hall–Kier alpha value is -4.74. The molecular formula is C33H29FN6O3S. The van der Waals surface area contributed by atoms with E-state index in [-0.39, 0.29) is 27.9 Å². The molecular weight excluding hydrogens is 579 g/mol. The van der Waals surface area contributed by atoms with E-state index in [2.05, 4.69) is 26.6 Å². The summed E-state index contributed by atoms with van der Waals surface area (Å²) in [7, 11) is 0. The highest BCUT2D eigenvalue weighted by molar-refractivity contribution is 7.20. The highest BCUT2D eigenvalue weighted by Gasteiger charge is 2.47. The molecule has 1 spiro atoms. The molecule has 2 fully saturated rings. The van der Waals surface area contributed by atoms with Gasteiger partial charge in [0.05, 0.1) is 28.9 Å². The minimum Gasteiger partial charge on any atom is -0.477 e. The molecule has 2 aliphatic carbocycles. The molecule has 9 nitrogen and oxygen atoms in total. The number of hydrogen-bond acceptors (Lipinski definition) is 8. The zero-order chi connectivity index (χ0) is 30.5. The number of nitriles is 2. The first-order chi connectivity index (χ1) is 21.3. The van der Waals surface area contributed by atoms with Crippen molar-refractivity contribution < 1.29 is 19.0 Å². The van der Waals surface area contributed by atoms with Gasteiger partial charge < -0.3 is 19.3 Å². The van der Waals surface area contributed by atoms with E-state index < -0.39 is 11.8 Å². The second-order valence-corrected chi connectivity index (χ2v) is 13.3. The van der Waals surface area contributed by atoms with Crippen molar-refractivity contribution in [3.8, 4) is 18.0 Å². The predicted molar refractivity (Wildman–Crippen MR) is 163 cm³/mol. The minimum atomic E-state index is -0.946. The highest BCUT2D eigenvalue weighted by Crippen LogP contribution is 2.52. The van der Waals surface area contributed by atoms with Crippen molar-refractivity contribution >= 4 is 39.2 Å². The van der Waals surface area contributed by atoms with Crippen molar-refractivity contribution in [2.24, 2.45) is 10.8 Å². The Balaban J connectivity index is 1.03. The molecule has 0 atom stereocenters. The summed E-state index contributed by atoms with van der Waals surface area (Å²) >= 11 is 1.20. The van der Waals surface area contributed by atoms with Gasteiger partial charge in [0, 0.05) is 48.5 Å². The van der Waals surface area contributed by atoms with Crippen LogP contribution in [-0.4, -0.2) is 38.7 Å². The van der Waals surface area contributed by atoms with Crippen LogP contribution in [-0.2, 0) is 13.2 Å². The van der Waals surface area contributed by atoms with Crippen molar-refractivity contribution in [2.75, 3.05) is 18.0 Å². The Morgan fingerprint density at radius 1 is 1.14 bits per heavy atom. The average Bonchev–Trinajstić information content (AvgIpc) is 3.50. The van der Waals surface area contributed by atoms with Crippen LogP contribution in [0.3, 0.4) is 0 Å². The van der Waals surface area contributed by atoms with Crippen molar-refractivity contribution in [3.63, 3.8) is 0 Å². The van der Waals surface area contributed by atoms with Crippen molar-refractivity contribution in [3.05, 3.63) is 76.1 Å². The number of rotatable bonds is 9. The molecule has 1 saturated carbocycles. The fourth-order valence-corrected chi connectivity index (χ4v) is 7.27. The van der Waals surface area contributed by atoms with E-state index in [1.54, 1.807) is 24.3 Å². The zero-order valence-electron chi connectivity index (χ0n) is 23.9. The van der Waals surface area contributed by atoms with Crippen LogP contribution in [0.1, 0.15) is 65.0 Å². The Labute approximate surface area is 257 Å². The molecule has 4 aromatic rings. The molecule has 0 amide bonds. The minimum absolute atomic E-state index is 0.0225. The van der Waals surface area contributed by atoms with Gasteiger partial charge in [0.15, 0.2) is 0 Å². The van der Waals surface area contributed by atoms with Crippen LogP contribution < -0.4 is 9.64 Å². The van der Waals surface area contributed by atoms with Crippen LogP contribution in [0.15, 0.2) is 48.5 Å². The van der Waals surface area contributed by atoms with Crippen LogP contribution in [0, 0.1) is 39.3 Å². The number of hydrogen-bond donors (Lipinski definition) is 1. The van der Waals surface area contributed by atoms with E-state index in [1.165, 1.54) is 23.0 Å². The molecule has 0 bridgehead atoms. The first-order valence-corrected chi connectivity index (χ1v) is 15.4. The Morgan fingerprint density at radius 2 is 1.98 bits per heavy atom. The van der Waals surface area contributed by atoms with E-state index >= 15 is 0 Å². The van der Waals surface area contributed by atoms with Gasteiger partial charge in [-0.05, 0) is 61.9 Å². The number of carboxylic acid groups (broad SMARTS) is 1. The summed E-state index contributed by atoms with van der Waals surface area (Å²) in [6.45, 7) is 2.43. The van der Waals surface area contributed by atoms with E-state index in [0.29, 0.717) is 24.4 Å². The summed E-state index contributed by atoms with van der Waals surface area (Å²) in [6, 6.07) is 15.9. The van der Waals surface area contributed by atoms with Crippen LogP contribution in [0.5, 0.6) is 5.88 Å². The van der Waals surface area contributed by atoms with Gasteiger partial charge in [-0.25, -0.2) is 19.2 Å². The lowest BCUT2D eigenvalue weighted by Crippen LogP contribution is -2.57. The molecule has 0 radical (unpaired) electrons. The molecule has 4 heterocycles. The number of aromatic nitrogens is 3.